The van der Waals surface area contributed by atoms with Crippen molar-refractivity contribution in [3.63, 3.8) is 0 Å². The first-order valence-corrected chi connectivity index (χ1v) is 12.7. The Morgan fingerprint density at radius 1 is 1.18 bits per heavy atom. The maximum Gasteiger partial charge on any atom is 0.243 e. The first kappa shape index (κ1) is 24.4. The number of rotatable bonds is 5. The summed E-state index contributed by atoms with van der Waals surface area (Å²) in [6, 6.07) is 5.78. The highest BCUT2D eigenvalue weighted by Gasteiger charge is 2.43. The number of sulfonamides is 1. The first-order chi connectivity index (χ1) is 15.9. The van der Waals surface area contributed by atoms with Crippen molar-refractivity contribution >= 4 is 15.9 Å². The minimum atomic E-state index is -3.93. The molecule has 4 rings (SSSR count). The number of aliphatic hydroxyl groups is 1. The highest BCUT2D eigenvalue weighted by atomic mass is 32.2. The lowest BCUT2D eigenvalue weighted by molar-refractivity contribution is -0.153. The van der Waals surface area contributed by atoms with Crippen LogP contribution in [0.4, 0.5) is 0 Å². The molecule has 0 aliphatic carbocycles. The Morgan fingerprint density at radius 3 is 2.73 bits per heavy atom. The number of methoxy groups -OCH3 is 1. The van der Waals surface area contributed by atoms with Gasteiger partial charge in [0, 0.05) is 25.7 Å². The van der Waals surface area contributed by atoms with Crippen molar-refractivity contribution in [1.29, 1.82) is 0 Å². The molecule has 0 aromatic heterocycles. The summed E-state index contributed by atoms with van der Waals surface area (Å²) in [6.07, 6.45) is -0.506. The molecule has 1 aromatic carbocycles. The van der Waals surface area contributed by atoms with Crippen LogP contribution in [-0.2, 0) is 29.0 Å². The molecule has 0 unspecified atom stereocenters. The number of amides is 1. The number of morpholine rings is 1. The standard InChI is InChI=1S/C22H32N2O8S/c1-29-17-3-2-4-19(11-17)33(27,28)24-13-16(25)14-31-15-21-20(24)6-5-18(32-21)12-22(26)23-7-9-30-10-8-23/h2-4,11,16,18,20-21,25H,5-10,12-15H2,1H3/t16-,18-,20+,21-/m1/s1. The van der Waals surface area contributed by atoms with Gasteiger partial charge in [0.2, 0.25) is 15.9 Å². The van der Waals surface area contributed by atoms with E-state index in [2.05, 4.69) is 0 Å². The van der Waals surface area contributed by atoms with Gasteiger partial charge in [0.05, 0.1) is 69.2 Å². The molecule has 11 heteroatoms. The van der Waals surface area contributed by atoms with Crippen LogP contribution in [0.15, 0.2) is 29.2 Å². The second-order valence-electron chi connectivity index (χ2n) is 8.58. The third kappa shape index (κ3) is 5.67. The summed E-state index contributed by atoms with van der Waals surface area (Å²) in [5, 5.41) is 10.3. The molecule has 3 aliphatic heterocycles. The third-order valence-corrected chi connectivity index (χ3v) is 8.23. The molecule has 4 atom stereocenters. The number of carbonyl (C=O) groups is 1. The van der Waals surface area contributed by atoms with Crippen LogP contribution < -0.4 is 4.74 Å². The van der Waals surface area contributed by atoms with Crippen LogP contribution in [0, 0.1) is 0 Å². The molecule has 1 aromatic rings. The van der Waals surface area contributed by atoms with Gasteiger partial charge in [-0.2, -0.15) is 4.31 Å². The van der Waals surface area contributed by atoms with E-state index in [1.54, 1.807) is 17.0 Å². The first-order valence-electron chi connectivity index (χ1n) is 11.3. The molecule has 1 amide bonds. The lowest BCUT2D eigenvalue weighted by Gasteiger charge is -2.43. The van der Waals surface area contributed by atoms with Crippen molar-refractivity contribution in [2.75, 3.05) is 53.2 Å². The predicted molar refractivity (Wildman–Crippen MR) is 117 cm³/mol. The van der Waals surface area contributed by atoms with Gasteiger partial charge in [-0.1, -0.05) is 6.07 Å². The van der Waals surface area contributed by atoms with Crippen molar-refractivity contribution in [1.82, 2.24) is 9.21 Å². The molecular formula is C22H32N2O8S. The van der Waals surface area contributed by atoms with E-state index in [1.165, 1.54) is 23.5 Å². The van der Waals surface area contributed by atoms with Crippen molar-refractivity contribution in [2.24, 2.45) is 0 Å². The maximum absolute atomic E-state index is 13.6. The molecule has 0 bridgehead atoms. The van der Waals surface area contributed by atoms with Gasteiger partial charge in [-0.3, -0.25) is 4.79 Å². The number of β-amino-alcohol motifs (C(OH)–C–C–N with tert-alkyl or cyclic N) is 1. The summed E-state index contributed by atoms with van der Waals surface area (Å²) in [6.45, 7) is 2.28. The molecule has 0 saturated carbocycles. The lowest BCUT2D eigenvalue weighted by atomic mass is 9.96. The molecule has 184 valence electrons. The van der Waals surface area contributed by atoms with Gasteiger partial charge < -0.3 is 29.0 Å². The molecule has 10 nitrogen and oxygen atoms in total. The molecule has 3 saturated heterocycles. The van der Waals surface area contributed by atoms with Gasteiger partial charge in [0.1, 0.15) is 5.75 Å². The topological polar surface area (TPSA) is 115 Å². The van der Waals surface area contributed by atoms with Gasteiger partial charge in [0.25, 0.3) is 0 Å². The van der Waals surface area contributed by atoms with E-state index in [-0.39, 0.29) is 43.1 Å². The predicted octanol–water partition coefficient (Wildman–Crippen LogP) is 0.242. The Bertz CT molecular complexity index is 921. The summed E-state index contributed by atoms with van der Waals surface area (Å²) in [5.41, 5.74) is 0. The van der Waals surface area contributed by atoms with Crippen molar-refractivity contribution in [3.8, 4) is 5.75 Å². The molecule has 3 fully saturated rings. The smallest absolute Gasteiger partial charge is 0.243 e. The lowest BCUT2D eigenvalue weighted by Crippen LogP contribution is -2.57. The van der Waals surface area contributed by atoms with Crippen LogP contribution >= 0.6 is 0 Å². The Kier molecular flexibility index (Phi) is 7.87. The van der Waals surface area contributed by atoms with Crippen LogP contribution in [0.2, 0.25) is 0 Å². The molecule has 33 heavy (non-hydrogen) atoms. The number of benzene rings is 1. The van der Waals surface area contributed by atoms with Gasteiger partial charge >= 0.3 is 0 Å². The molecule has 0 spiro atoms. The van der Waals surface area contributed by atoms with Gasteiger partial charge in [-0.15, -0.1) is 0 Å². The largest absolute Gasteiger partial charge is 0.497 e. The number of ether oxygens (including phenoxy) is 4. The Labute approximate surface area is 194 Å². The van der Waals surface area contributed by atoms with Crippen LogP contribution in [0.25, 0.3) is 0 Å². The summed E-state index contributed by atoms with van der Waals surface area (Å²) in [7, 11) is -2.45. The van der Waals surface area contributed by atoms with Crippen molar-refractivity contribution in [3.05, 3.63) is 24.3 Å². The minimum Gasteiger partial charge on any atom is -0.497 e. The van der Waals surface area contributed by atoms with E-state index < -0.39 is 28.3 Å². The highest BCUT2D eigenvalue weighted by molar-refractivity contribution is 7.89. The zero-order valence-electron chi connectivity index (χ0n) is 18.8. The Balaban J connectivity index is 1.51. The normalized spacial score (nSPS) is 29.6. The average molecular weight is 485 g/mol. The molecule has 3 aliphatic rings. The molecule has 1 N–H and O–H groups in total. The quantitative estimate of drug-likeness (QED) is 0.632. The zero-order chi connectivity index (χ0) is 23.4. The number of fused-ring (bicyclic) bond motifs is 1. The van der Waals surface area contributed by atoms with E-state index in [1.807, 2.05) is 0 Å². The fraction of sp³-hybridized carbons (Fsp3) is 0.682. The number of aliphatic hydroxyl groups excluding tert-OH is 1. The van der Waals surface area contributed by atoms with Crippen LogP contribution in [-0.4, -0.2) is 106 Å². The summed E-state index contributed by atoms with van der Waals surface area (Å²) < 4.78 is 50.8. The second kappa shape index (κ2) is 10.7. The number of carbonyl (C=O) groups excluding carboxylic acids is 1. The van der Waals surface area contributed by atoms with E-state index in [0.717, 1.165) is 0 Å². The highest BCUT2D eigenvalue weighted by Crippen LogP contribution is 2.32. The SMILES string of the molecule is COc1cccc(S(=O)(=O)N2C[C@@H](O)COC[C@H]3O[C@@H](CC(=O)N4CCOCC4)CC[C@@H]32)c1. The molecule has 3 heterocycles. The summed E-state index contributed by atoms with van der Waals surface area (Å²) in [5.74, 6) is 0.454. The Morgan fingerprint density at radius 2 is 1.97 bits per heavy atom. The fourth-order valence-electron chi connectivity index (χ4n) is 4.60. The number of hydrogen-bond acceptors (Lipinski definition) is 8. The van der Waals surface area contributed by atoms with E-state index in [0.29, 0.717) is 44.9 Å². The van der Waals surface area contributed by atoms with Gasteiger partial charge in [0.15, 0.2) is 0 Å². The number of nitrogens with zero attached hydrogens (tertiary/aromatic N) is 2. The van der Waals surface area contributed by atoms with E-state index in [9.17, 15) is 18.3 Å². The van der Waals surface area contributed by atoms with Crippen molar-refractivity contribution < 1.29 is 37.3 Å². The molecular weight excluding hydrogens is 452 g/mol. The van der Waals surface area contributed by atoms with E-state index in [4.69, 9.17) is 18.9 Å². The third-order valence-electron chi connectivity index (χ3n) is 6.35. The van der Waals surface area contributed by atoms with Crippen LogP contribution in [0.1, 0.15) is 19.3 Å². The fourth-order valence-corrected chi connectivity index (χ4v) is 6.36. The van der Waals surface area contributed by atoms with E-state index >= 15 is 0 Å². The van der Waals surface area contributed by atoms with Gasteiger partial charge in [-0.25, -0.2) is 8.42 Å². The number of hydrogen-bond donors (Lipinski definition) is 1. The van der Waals surface area contributed by atoms with Crippen LogP contribution in [0.3, 0.4) is 0 Å². The van der Waals surface area contributed by atoms with Gasteiger partial charge in [-0.05, 0) is 25.0 Å². The summed E-state index contributed by atoms with van der Waals surface area (Å²) in [4.78, 5) is 14.5. The second-order valence-corrected chi connectivity index (χ2v) is 10.5. The average Bonchev–Trinajstić information content (AvgIpc) is 2.82. The summed E-state index contributed by atoms with van der Waals surface area (Å²) >= 11 is 0. The molecule has 0 radical (unpaired) electrons. The zero-order valence-corrected chi connectivity index (χ0v) is 19.6. The van der Waals surface area contributed by atoms with Crippen molar-refractivity contribution in [2.45, 2.75) is 48.5 Å². The Hall–Kier alpha value is -1.76. The maximum atomic E-state index is 13.6. The monoisotopic (exact) mass is 484 g/mol. The minimum absolute atomic E-state index is 0.00802. The van der Waals surface area contributed by atoms with Crippen LogP contribution in [0.5, 0.6) is 5.75 Å².